The largest absolute Gasteiger partial charge is 0.0928 e. The first-order chi connectivity index (χ1) is 12.3. The molecule has 0 amide bonds. The van der Waals surface area contributed by atoms with Gasteiger partial charge >= 0.3 is 0 Å². The van der Waals surface area contributed by atoms with Crippen molar-refractivity contribution in [2.75, 3.05) is 5.33 Å². The number of alkyl halides is 1. The van der Waals surface area contributed by atoms with Gasteiger partial charge in [0.15, 0.2) is 0 Å². The third-order valence-corrected chi connectivity index (χ3v) is 13.5. The minimum atomic E-state index is -1.20. The molecule has 140 valence electrons. The summed E-state index contributed by atoms with van der Waals surface area (Å²) in [5.41, 5.74) is 0. The Hall–Kier alpha value is -0.0831. The van der Waals surface area contributed by atoms with Crippen molar-refractivity contribution < 1.29 is 0 Å². The zero-order chi connectivity index (χ0) is 17.5. The molecule has 2 fully saturated rings. The van der Waals surface area contributed by atoms with Gasteiger partial charge in [-0.25, -0.2) is 0 Å². The van der Waals surface area contributed by atoms with E-state index in [0.717, 1.165) is 17.8 Å². The van der Waals surface area contributed by atoms with Gasteiger partial charge in [0.2, 0.25) is 0 Å². The summed E-state index contributed by atoms with van der Waals surface area (Å²) in [4.78, 5) is 0. The standard InChI is InChI=1S/C23H37BrSi/c1-2-17-25(23-8-4-3-5-9-23)18-14-22(15-19-25)21-12-10-20(11-13-21)7-6-16-24/h3-5,8-9,20-22H,2,6-7,10-19H2,1H3. The average molecular weight is 422 g/mol. The second kappa shape index (κ2) is 9.74. The fourth-order valence-electron chi connectivity index (χ4n) is 5.93. The Kier molecular flexibility index (Phi) is 7.66. The van der Waals surface area contributed by atoms with Crippen LogP contribution in [0.2, 0.25) is 18.1 Å². The molecule has 0 unspecified atom stereocenters. The van der Waals surface area contributed by atoms with Crippen LogP contribution >= 0.6 is 15.9 Å². The maximum absolute atomic E-state index is 3.60. The highest BCUT2D eigenvalue weighted by atomic mass is 79.9. The van der Waals surface area contributed by atoms with Gasteiger partial charge < -0.3 is 0 Å². The van der Waals surface area contributed by atoms with E-state index in [1.165, 1.54) is 69.2 Å². The van der Waals surface area contributed by atoms with E-state index in [1.54, 1.807) is 17.3 Å². The first kappa shape index (κ1) is 19.7. The summed E-state index contributed by atoms with van der Waals surface area (Å²) in [6, 6.07) is 16.3. The van der Waals surface area contributed by atoms with Crippen molar-refractivity contribution in [2.45, 2.75) is 82.8 Å². The summed E-state index contributed by atoms with van der Waals surface area (Å²) in [5.74, 6) is 3.15. The van der Waals surface area contributed by atoms with Crippen LogP contribution in [-0.2, 0) is 0 Å². The molecule has 1 saturated heterocycles. The van der Waals surface area contributed by atoms with Crippen molar-refractivity contribution in [1.29, 1.82) is 0 Å². The predicted molar refractivity (Wildman–Crippen MR) is 118 cm³/mol. The predicted octanol–water partition coefficient (Wildman–Crippen LogP) is 7.14. The molecule has 1 heterocycles. The minimum absolute atomic E-state index is 1.04. The third kappa shape index (κ3) is 5.00. The highest BCUT2D eigenvalue weighted by Gasteiger charge is 2.40. The molecule has 25 heavy (non-hydrogen) atoms. The molecule has 2 heteroatoms. The maximum atomic E-state index is 3.60. The van der Waals surface area contributed by atoms with Gasteiger partial charge in [0.25, 0.3) is 0 Å². The molecule has 0 N–H and O–H groups in total. The Morgan fingerprint density at radius 2 is 1.56 bits per heavy atom. The van der Waals surface area contributed by atoms with Crippen molar-refractivity contribution in [2.24, 2.45) is 17.8 Å². The van der Waals surface area contributed by atoms with Crippen molar-refractivity contribution in [3.05, 3.63) is 30.3 Å². The van der Waals surface area contributed by atoms with Crippen molar-refractivity contribution >= 4 is 29.2 Å². The van der Waals surface area contributed by atoms with Crippen LogP contribution < -0.4 is 5.19 Å². The van der Waals surface area contributed by atoms with Crippen LogP contribution in [0.25, 0.3) is 0 Å². The number of halogens is 1. The lowest BCUT2D eigenvalue weighted by Gasteiger charge is -2.43. The molecular weight excluding hydrogens is 384 g/mol. The van der Waals surface area contributed by atoms with Gasteiger partial charge in [0.05, 0.1) is 8.07 Å². The third-order valence-electron chi connectivity index (χ3n) is 7.41. The smallest absolute Gasteiger partial charge is 0.0867 e. The Morgan fingerprint density at radius 3 is 2.16 bits per heavy atom. The van der Waals surface area contributed by atoms with Crippen LogP contribution in [0.3, 0.4) is 0 Å². The van der Waals surface area contributed by atoms with E-state index in [9.17, 15) is 0 Å². The molecule has 1 aliphatic heterocycles. The second-order valence-corrected chi connectivity index (χ2v) is 14.3. The van der Waals surface area contributed by atoms with Crippen LogP contribution in [0.5, 0.6) is 0 Å². The fourth-order valence-corrected chi connectivity index (χ4v) is 11.6. The molecule has 0 radical (unpaired) electrons. The number of hydrogen-bond acceptors (Lipinski definition) is 0. The van der Waals surface area contributed by atoms with E-state index >= 15 is 0 Å². The maximum Gasteiger partial charge on any atom is 0.0867 e. The first-order valence-electron chi connectivity index (χ1n) is 10.9. The molecule has 0 aromatic heterocycles. The van der Waals surface area contributed by atoms with Crippen LogP contribution in [0.15, 0.2) is 30.3 Å². The Balaban J connectivity index is 1.54. The number of benzene rings is 1. The van der Waals surface area contributed by atoms with Gasteiger partial charge in [-0.15, -0.1) is 0 Å². The monoisotopic (exact) mass is 420 g/mol. The zero-order valence-corrected chi connectivity index (χ0v) is 18.8. The molecule has 1 aromatic rings. The van der Waals surface area contributed by atoms with Crippen LogP contribution in [0.1, 0.15) is 64.7 Å². The van der Waals surface area contributed by atoms with E-state index < -0.39 is 8.07 Å². The molecule has 1 saturated carbocycles. The molecule has 3 rings (SSSR count). The van der Waals surface area contributed by atoms with Gasteiger partial charge in [-0.1, -0.05) is 109 Å². The first-order valence-corrected chi connectivity index (χ1v) is 14.6. The number of hydrogen-bond donors (Lipinski definition) is 0. The summed E-state index contributed by atoms with van der Waals surface area (Å²) in [6.07, 6.45) is 13.4. The summed E-state index contributed by atoms with van der Waals surface area (Å²) in [7, 11) is -1.20. The Labute approximate surface area is 165 Å². The average Bonchev–Trinajstić information content (AvgIpc) is 2.68. The van der Waals surface area contributed by atoms with Crippen molar-refractivity contribution in [1.82, 2.24) is 0 Å². The minimum Gasteiger partial charge on any atom is -0.0928 e. The highest BCUT2D eigenvalue weighted by Crippen LogP contribution is 2.44. The Bertz CT molecular complexity index is 484. The molecular formula is C23H37BrSi. The molecule has 0 atom stereocenters. The molecule has 1 aromatic carbocycles. The molecule has 0 spiro atoms. The lowest BCUT2D eigenvalue weighted by atomic mass is 9.73. The zero-order valence-electron chi connectivity index (χ0n) is 16.2. The Morgan fingerprint density at radius 1 is 0.920 bits per heavy atom. The summed E-state index contributed by atoms with van der Waals surface area (Å²) in [5, 5.41) is 2.95. The molecule has 0 nitrogen and oxygen atoms in total. The normalized spacial score (nSPS) is 33.3. The lowest BCUT2D eigenvalue weighted by molar-refractivity contribution is 0.185. The SMILES string of the molecule is CCC[Si]1(c2ccccc2)CCC(C2CCC(CCCBr)CC2)CC1. The van der Waals surface area contributed by atoms with E-state index in [2.05, 4.69) is 53.2 Å². The second-order valence-electron chi connectivity index (χ2n) is 8.85. The summed E-state index contributed by atoms with van der Waals surface area (Å²) < 4.78 is 0. The van der Waals surface area contributed by atoms with Crippen LogP contribution in [0.4, 0.5) is 0 Å². The van der Waals surface area contributed by atoms with Gasteiger partial charge in [-0.05, 0) is 43.4 Å². The van der Waals surface area contributed by atoms with Gasteiger partial charge in [0.1, 0.15) is 0 Å². The fraction of sp³-hybridized carbons (Fsp3) is 0.739. The van der Waals surface area contributed by atoms with Gasteiger partial charge in [0, 0.05) is 5.33 Å². The number of rotatable bonds is 7. The topological polar surface area (TPSA) is 0 Å². The van der Waals surface area contributed by atoms with E-state index in [1.807, 2.05) is 0 Å². The lowest BCUT2D eigenvalue weighted by Crippen LogP contribution is -2.50. The highest BCUT2D eigenvalue weighted by molar-refractivity contribution is 9.09. The van der Waals surface area contributed by atoms with Crippen LogP contribution in [-0.4, -0.2) is 13.4 Å². The summed E-state index contributed by atoms with van der Waals surface area (Å²) in [6.45, 7) is 2.40. The van der Waals surface area contributed by atoms with Crippen LogP contribution in [0, 0.1) is 17.8 Å². The molecule has 1 aliphatic carbocycles. The van der Waals surface area contributed by atoms with Crippen molar-refractivity contribution in [3.8, 4) is 0 Å². The van der Waals surface area contributed by atoms with Gasteiger partial charge in [-0.3, -0.25) is 0 Å². The van der Waals surface area contributed by atoms with Crippen molar-refractivity contribution in [3.63, 3.8) is 0 Å². The molecule has 2 aliphatic rings. The van der Waals surface area contributed by atoms with E-state index in [0.29, 0.717) is 0 Å². The van der Waals surface area contributed by atoms with E-state index in [4.69, 9.17) is 0 Å². The summed E-state index contributed by atoms with van der Waals surface area (Å²) >= 11 is 3.60. The quantitative estimate of drug-likeness (QED) is 0.324. The van der Waals surface area contributed by atoms with Gasteiger partial charge in [-0.2, -0.15) is 0 Å². The molecule has 0 bridgehead atoms. The van der Waals surface area contributed by atoms with E-state index in [-0.39, 0.29) is 0 Å².